The Labute approximate surface area is 158 Å². The third kappa shape index (κ3) is 5.98. The molecule has 6 heteroatoms. The van der Waals surface area contributed by atoms with Crippen LogP contribution in [0.3, 0.4) is 0 Å². The summed E-state index contributed by atoms with van der Waals surface area (Å²) in [6, 6.07) is 5.56. The Kier molecular flexibility index (Phi) is 7.29. The molecule has 1 aliphatic carbocycles. The molecule has 1 aromatic carbocycles. The highest BCUT2D eigenvalue weighted by Gasteiger charge is 2.46. The van der Waals surface area contributed by atoms with E-state index in [0.717, 1.165) is 44.1 Å². The zero-order valence-electron chi connectivity index (χ0n) is 14.1. The number of carbonyl (C=O) groups excluding carboxylic acids is 1. The molecule has 1 aliphatic rings. The number of hydrogen-bond acceptors (Lipinski definition) is 3. The van der Waals surface area contributed by atoms with Crippen LogP contribution >= 0.6 is 23.2 Å². The van der Waals surface area contributed by atoms with E-state index in [1.807, 2.05) is 12.1 Å². The van der Waals surface area contributed by atoms with Crippen molar-refractivity contribution in [3.63, 3.8) is 0 Å². The minimum atomic E-state index is -1.65. The summed E-state index contributed by atoms with van der Waals surface area (Å²) in [5.41, 5.74) is -0.548. The van der Waals surface area contributed by atoms with Gasteiger partial charge in [-0.3, -0.25) is 9.59 Å². The molecule has 1 aromatic rings. The molecule has 2 N–H and O–H groups in total. The van der Waals surface area contributed by atoms with Gasteiger partial charge in [-0.05, 0) is 49.3 Å². The fourth-order valence-electron chi connectivity index (χ4n) is 3.57. The van der Waals surface area contributed by atoms with Gasteiger partial charge in [0.2, 0.25) is 0 Å². The van der Waals surface area contributed by atoms with Crippen molar-refractivity contribution < 1.29 is 19.8 Å². The molecular weight excluding hydrogens is 363 g/mol. The van der Waals surface area contributed by atoms with Crippen molar-refractivity contribution in [2.45, 2.75) is 63.4 Å². The van der Waals surface area contributed by atoms with Gasteiger partial charge in [-0.2, -0.15) is 0 Å². The first kappa shape index (κ1) is 20.2. The molecule has 138 valence electrons. The first-order valence-electron chi connectivity index (χ1n) is 8.71. The first-order valence-corrected chi connectivity index (χ1v) is 9.47. The highest BCUT2D eigenvalue weighted by atomic mass is 35.5. The molecule has 0 amide bonds. The van der Waals surface area contributed by atoms with Crippen LogP contribution in [0.25, 0.3) is 0 Å². The van der Waals surface area contributed by atoms with Gasteiger partial charge in [-0.25, -0.2) is 0 Å². The van der Waals surface area contributed by atoms with Crippen molar-refractivity contribution in [1.82, 2.24) is 0 Å². The molecule has 0 heterocycles. The predicted octanol–water partition coefficient (Wildman–Crippen LogP) is 4.67. The third-order valence-electron chi connectivity index (χ3n) is 4.89. The number of carboxylic acid groups (broad SMARTS) is 1. The summed E-state index contributed by atoms with van der Waals surface area (Å²) in [6.45, 7) is 0. The van der Waals surface area contributed by atoms with Gasteiger partial charge in [-0.15, -0.1) is 0 Å². The summed E-state index contributed by atoms with van der Waals surface area (Å²) in [5.74, 6) is -1.35. The minimum absolute atomic E-state index is 0.0996. The van der Waals surface area contributed by atoms with E-state index in [9.17, 15) is 14.7 Å². The van der Waals surface area contributed by atoms with Crippen LogP contribution in [-0.2, 0) is 16.0 Å². The van der Waals surface area contributed by atoms with Crippen molar-refractivity contribution in [3.8, 4) is 0 Å². The van der Waals surface area contributed by atoms with Gasteiger partial charge in [0.15, 0.2) is 5.78 Å². The van der Waals surface area contributed by atoms with Gasteiger partial charge < -0.3 is 10.2 Å². The summed E-state index contributed by atoms with van der Waals surface area (Å²) in [7, 11) is 0. The van der Waals surface area contributed by atoms with Crippen LogP contribution in [-0.4, -0.2) is 27.6 Å². The summed E-state index contributed by atoms with van der Waals surface area (Å²) >= 11 is 12.0. The van der Waals surface area contributed by atoms with Crippen LogP contribution < -0.4 is 0 Å². The molecule has 0 spiro atoms. The molecule has 0 radical (unpaired) electrons. The molecule has 0 saturated heterocycles. The van der Waals surface area contributed by atoms with E-state index in [2.05, 4.69) is 0 Å². The SMILES string of the molecule is O=C(O)C[C@]1(O)CC(CCCCCCc2ccc(Cl)cc2Cl)CC1=O. The summed E-state index contributed by atoms with van der Waals surface area (Å²) < 4.78 is 0. The van der Waals surface area contributed by atoms with E-state index in [1.54, 1.807) is 6.07 Å². The van der Waals surface area contributed by atoms with Gasteiger partial charge in [0.1, 0.15) is 5.60 Å². The molecule has 0 aliphatic heterocycles. The number of halogens is 2. The lowest BCUT2D eigenvalue weighted by molar-refractivity contribution is -0.148. The van der Waals surface area contributed by atoms with Crippen LogP contribution in [0.1, 0.15) is 56.9 Å². The zero-order chi connectivity index (χ0) is 18.4. The monoisotopic (exact) mass is 386 g/mol. The number of ketones is 1. The maximum absolute atomic E-state index is 11.9. The van der Waals surface area contributed by atoms with Crippen LogP contribution in [0, 0.1) is 5.92 Å². The molecule has 0 aromatic heterocycles. The molecule has 2 rings (SSSR count). The second-order valence-electron chi connectivity index (χ2n) is 6.99. The Bertz CT molecular complexity index is 632. The van der Waals surface area contributed by atoms with E-state index in [-0.39, 0.29) is 18.1 Å². The Morgan fingerprint density at radius 1 is 1.20 bits per heavy atom. The Morgan fingerprint density at radius 2 is 1.92 bits per heavy atom. The second kappa shape index (κ2) is 9.02. The van der Waals surface area contributed by atoms with Gasteiger partial charge in [-0.1, -0.05) is 48.5 Å². The maximum Gasteiger partial charge on any atom is 0.306 e. The number of rotatable bonds is 9. The number of carboxylic acids is 1. The van der Waals surface area contributed by atoms with Gasteiger partial charge in [0, 0.05) is 16.5 Å². The van der Waals surface area contributed by atoms with E-state index in [0.29, 0.717) is 16.5 Å². The highest BCUT2D eigenvalue weighted by molar-refractivity contribution is 6.35. The van der Waals surface area contributed by atoms with Crippen LogP contribution in [0.5, 0.6) is 0 Å². The summed E-state index contributed by atoms with van der Waals surface area (Å²) in [6.07, 6.45) is 5.99. The number of aryl methyl sites for hydroxylation is 1. The molecule has 25 heavy (non-hydrogen) atoms. The normalized spacial score (nSPS) is 23.2. The lowest BCUT2D eigenvalue weighted by Gasteiger charge is -2.18. The highest BCUT2D eigenvalue weighted by Crippen LogP contribution is 2.37. The molecule has 1 unspecified atom stereocenters. The number of benzene rings is 1. The number of carbonyl (C=O) groups is 2. The Balaban J connectivity index is 1.63. The fraction of sp³-hybridized carbons (Fsp3) is 0.579. The van der Waals surface area contributed by atoms with Crippen molar-refractivity contribution in [1.29, 1.82) is 0 Å². The standard InChI is InChI=1S/C19H24Cl2O4/c20-15-8-7-14(16(21)10-15)6-4-2-1-3-5-13-9-17(22)19(25,11-13)12-18(23)24/h7-8,10,13,25H,1-6,9,11-12H2,(H,23,24)/t13?,19-/m1/s1. The first-order chi connectivity index (χ1) is 11.8. The Morgan fingerprint density at radius 3 is 2.60 bits per heavy atom. The minimum Gasteiger partial charge on any atom is -0.481 e. The van der Waals surface area contributed by atoms with Crippen molar-refractivity contribution in [3.05, 3.63) is 33.8 Å². The number of hydrogen-bond donors (Lipinski definition) is 2. The number of unbranched alkanes of at least 4 members (excludes halogenated alkanes) is 3. The van der Waals surface area contributed by atoms with Gasteiger partial charge in [0.25, 0.3) is 0 Å². The number of Topliss-reactive ketones (excluding diaryl/α,β-unsaturated/α-hetero) is 1. The average molecular weight is 387 g/mol. The smallest absolute Gasteiger partial charge is 0.306 e. The van der Waals surface area contributed by atoms with Crippen LogP contribution in [0.4, 0.5) is 0 Å². The van der Waals surface area contributed by atoms with E-state index in [1.165, 1.54) is 0 Å². The maximum atomic E-state index is 11.9. The molecule has 1 saturated carbocycles. The fourth-order valence-corrected chi connectivity index (χ4v) is 4.07. The molecule has 4 nitrogen and oxygen atoms in total. The summed E-state index contributed by atoms with van der Waals surface area (Å²) in [5, 5.41) is 20.3. The third-order valence-corrected chi connectivity index (χ3v) is 5.47. The van der Waals surface area contributed by atoms with Crippen LogP contribution in [0.15, 0.2) is 18.2 Å². The lowest BCUT2D eigenvalue weighted by Crippen LogP contribution is -2.36. The van der Waals surface area contributed by atoms with Crippen LogP contribution in [0.2, 0.25) is 10.0 Å². The number of aliphatic carboxylic acids is 1. The second-order valence-corrected chi connectivity index (χ2v) is 7.83. The lowest BCUT2D eigenvalue weighted by atomic mass is 9.93. The average Bonchev–Trinajstić information content (AvgIpc) is 2.78. The summed E-state index contributed by atoms with van der Waals surface area (Å²) in [4.78, 5) is 22.6. The number of aliphatic hydroxyl groups is 1. The predicted molar refractivity (Wildman–Crippen MR) is 98.2 cm³/mol. The van der Waals surface area contributed by atoms with E-state index >= 15 is 0 Å². The van der Waals surface area contributed by atoms with Gasteiger partial charge in [0.05, 0.1) is 6.42 Å². The topological polar surface area (TPSA) is 74.6 Å². The van der Waals surface area contributed by atoms with E-state index < -0.39 is 18.0 Å². The Hall–Kier alpha value is -1.10. The quantitative estimate of drug-likeness (QED) is 0.604. The van der Waals surface area contributed by atoms with Gasteiger partial charge >= 0.3 is 5.97 Å². The van der Waals surface area contributed by atoms with Crippen molar-refractivity contribution in [2.24, 2.45) is 5.92 Å². The molecule has 2 atom stereocenters. The van der Waals surface area contributed by atoms with Crippen molar-refractivity contribution >= 4 is 35.0 Å². The molecule has 0 bridgehead atoms. The van der Waals surface area contributed by atoms with Crippen molar-refractivity contribution in [2.75, 3.05) is 0 Å². The molecular formula is C19H24Cl2O4. The zero-order valence-corrected chi connectivity index (χ0v) is 15.7. The molecule has 1 fully saturated rings. The van der Waals surface area contributed by atoms with E-state index in [4.69, 9.17) is 28.3 Å². The largest absolute Gasteiger partial charge is 0.481 e.